The van der Waals surface area contributed by atoms with Crippen molar-refractivity contribution in [1.82, 2.24) is 9.88 Å². The summed E-state index contributed by atoms with van der Waals surface area (Å²) in [7, 11) is 3.95. The molecule has 0 N–H and O–H groups in total. The number of amides is 1. The van der Waals surface area contributed by atoms with Crippen molar-refractivity contribution in [3.63, 3.8) is 0 Å². The van der Waals surface area contributed by atoms with Crippen LogP contribution in [-0.4, -0.2) is 55.2 Å². The van der Waals surface area contributed by atoms with Crippen molar-refractivity contribution < 1.29 is 14.3 Å². The Morgan fingerprint density at radius 1 is 1.13 bits per heavy atom. The monoisotopic (exact) mass is 481 g/mol. The van der Waals surface area contributed by atoms with Crippen LogP contribution in [0.4, 0.5) is 5.13 Å². The number of carbonyl (C=O) groups excluding carboxylic acids is 1. The molecule has 4 rings (SSSR count). The molecule has 1 aliphatic rings. The summed E-state index contributed by atoms with van der Waals surface area (Å²) in [4.78, 5) is 22.1. The third-order valence-electron chi connectivity index (χ3n) is 5.04. The Balaban J connectivity index is 0.00000272. The van der Waals surface area contributed by atoms with E-state index in [0.29, 0.717) is 34.7 Å². The number of aryl methyl sites for hydroxylation is 1. The van der Waals surface area contributed by atoms with Gasteiger partial charge in [-0.05, 0) is 51.7 Å². The minimum atomic E-state index is -0.759. The molecule has 2 aromatic carbocycles. The Hall–Kier alpha value is -2.06. The lowest BCUT2D eigenvalue weighted by molar-refractivity contribution is -0.130. The molecule has 31 heavy (non-hydrogen) atoms. The number of thiazole rings is 1. The average molecular weight is 482 g/mol. The van der Waals surface area contributed by atoms with Gasteiger partial charge in [-0.15, -0.1) is 12.4 Å². The molecule has 1 aliphatic heterocycles. The third-order valence-corrected chi connectivity index (χ3v) is 6.58. The van der Waals surface area contributed by atoms with Crippen LogP contribution in [-0.2, 0) is 4.79 Å². The van der Waals surface area contributed by atoms with Gasteiger partial charge in [0.15, 0.2) is 16.6 Å². The third kappa shape index (κ3) is 4.75. The first-order chi connectivity index (χ1) is 14.3. The number of halogens is 2. The number of rotatable bonds is 5. The maximum atomic E-state index is 13.6. The van der Waals surface area contributed by atoms with Crippen molar-refractivity contribution in [3.05, 3.63) is 47.0 Å². The molecule has 0 fully saturated rings. The summed E-state index contributed by atoms with van der Waals surface area (Å²) in [6.07, 6.45) is -1.18. The molecular formula is C22H25Cl2N3O3S. The number of aromatic nitrogens is 1. The van der Waals surface area contributed by atoms with Crippen LogP contribution in [0.5, 0.6) is 11.5 Å². The van der Waals surface area contributed by atoms with Crippen LogP contribution in [0, 0.1) is 6.92 Å². The predicted molar refractivity (Wildman–Crippen MR) is 128 cm³/mol. The number of carbonyl (C=O) groups is 1. The van der Waals surface area contributed by atoms with Gasteiger partial charge in [0, 0.05) is 13.1 Å². The summed E-state index contributed by atoms with van der Waals surface area (Å²) < 4.78 is 12.9. The number of fused-ring (bicyclic) bond motifs is 2. The van der Waals surface area contributed by atoms with E-state index in [2.05, 4.69) is 0 Å². The smallest absolute Gasteiger partial charge is 0.273 e. The fourth-order valence-electron chi connectivity index (χ4n) is 3.35. The first kappa shape index (κ1) is 23.6. The summed E-state index contributed by atoms with van der Waals surface area (Å²) in [5.74, 6) is 1.05. The van der Waals surface area contributed by atoms with Crippen LogP contribution < -0.4 is 14.4 Å². The number of anilines is 1. The molecule has 3 aromatic rings. The highest BCUT2D eigenvalue weighted by Gasteiger charge is 2.38. The lowest BCUT2D eigenvalue weighted by Gasteiger charge is -2.34. The highest BCUT2D eigenvalue weighted by Crippen LogP contribution is 2.38. The van der Waals surface area contributed by atoms with E-state index in [1.807, 2.05) is 69.2 Å². The second kappa shape index (κ2) is 9.61. The molecule has 2 heterocycles. The minimum Gasteiger partial charge on any atom is -0.482 e. The molecule has 9 heteroatoms. The number of nitrogens with zero attached hydrogens (tertiary/aromatic N) is 3. The molecule has 6 nitrogen and oxygen atoms in total. The van der Waals surface area contributed by atoms with Crippen molar-refractivity contribution >= 4 is 56.6 Å². The van der Waals surface area contributed by atoms with E-state index in [1.165, 1.54) is 11.3 Å². The fourth-order valence-corrected chi connectivity index (χ4v) is 4.70. The first-order valence-corrected chi connectivity index (χ1v) is 11.0. The van der Waals surface area contributed by atoms with Crippen LogP contribution in [0.25, 0.3) is 10.2 Å². The lowest BCUT2D eigenvalue weighted by atomic mass is 10.1. The van der Waals surface area contributed by atoms with E-state index >= 15 is 0 Å². The Morgan fingerprint density at radius 2 is 1.81 bits per heavy atom. The van der Waals surface area contributed by atoms with E-state index in [4.69, 9.17) is 26.1 Å². The van der Waals surface area contributed by atoms with Crippen molar-refractivity contribution in [1.29, 1.82) is 0 Å². The van der Waals surface area contributed by atoms with E-state index < -0.39 is 12.2 Å². The molecular weight excluding hydrogens is 457 g/mol. The predicted octanol–water partition coefficient (Wildman–Crippen LogP) is 4.80. The fraction of sp³-hybridized carbons (Fsp3) is 0.364. The Morgan fingerprint density at radius 3 is 2.45 bits per heavy atom. The van der Waals surface area contributed by atoms with E-state index in [9.17, 15) is 4.79 Å². The number of likely N-dealkylation sites (N-methyl/N-ethyl adjacent to an activating group) is 1. The summed E-state index contributed by atoms with van der Waals surface area (Å²) in [5, 5.41) is 1.25. The van der Waals surface area contributed by atoms with Gasteiger partial charge in [-0.25, -0.2) is 4.98 Å². The molecule has 1 amide bonds. The molecule has 0 bridgehead atoms. The zero-order valence-corrected chi connectivity index (χ0v) is 20.2. The van der Waals surface area contributed by atoms with E-state index in [1.54, 1.807) is 4.90 Å². The summed E-state index contributed by atoms with van der Waals surface area (Å²) in [5.41, 5.74) is 1.85. The second-order valence-electron chi connectivity index (χ2n) is 7.64. The maximum absolute atomic E-state index is 13.6. The molecule has 0 radical (unpaired) electrons. The number of hydrogen-bond donors (Lipinski definition) is 0. The van der Waals surface area contributed by atoms with Crippen LogP contribution in [0.3, 0.4) is 0 Å². The molecule has 0 spiro atoms. The van der Waals surface area contributed by atoms with Crippen LogP contribution in [0.2, 0.25) is 5.02 Å². The largest absolute Gasteiger partial charge is 0.482 e. The maximum Gasteiger partial charge on any atom is 0.273 e. The Kier molecular flexibility index (Phi) is 7.31. The van der Waals surface area contributed by atoms with Gasteiger partial charge in [0.05, 0.1) is 15.2 Å². The van der Waals surface area contributed by atoms with Crippen molar-refractivity contribution in [2.75, 3.05) is 32.1 Å². The second-order valence-corrected chi connectivity index (χ2v) is 9.02. The quantitative estimate of drug-likeness (QED) is 0.523. The van der Waals surface area contributed by atoms with E-state index in [-0.39, 0.29) is 18.3 Å². The minimum absolute atomic E-state index is 0. The van der Waals surface area contributed by atoms with Crippen molar-refractivity contribution in [3.8, 4) is 11.5 Å². The zero-order chi connectivity index (χ0) is 21.4. The number of para-hydroxylation sites is 2. The van der Waals surface area contributed by atoms with Crippen molar-refractivity contribution in [2.45, 2.75) is 26.1 Å². The first-order valence-electron chi connectivity index (χ1n) is 9.79. The van der Waals surface area contributed by atoms with Crippen LogP contribution in [0.15, 0.2) is 36.4 Å². The topological polar surface area (TPSA) is 54.9 Å². The number of ether oxygens (including phenoxy) is 2. The normalized spacial score (nSPS) is 17.5. The summed E-state index contributed by atoms with van der Waals surface area (Å²) in [6, 6.07) is 11.2. The average Bonchev–Trinajstić information content (AvgIpc) is 3.16. The van der Waals surface area contributed by atoms with Gasteiger partial charge in [0.2, 0.25) is 6.10 Å². The molecule has 0 saturated carbocycles. The molecule has 2 atom stereocenters. The van der Waals surface area contributed by atoms with Gasteiger partial charge >= 0.3 is 0 Å². The molecule has 2 unspecified atom stereocenters. The van der Waals surface area contributed by atoms with Gasteiger partial charge < -0.3 is 14.4 Å². The van der Waals surface area contributed by atoms with Gasteiger partial charge in [0.1, 0.15) is 6.10 Å². The number of benzene rings is 2. The molecule has 0 aliphatic carbocycles. The summed E-state index contributed by atoms with van der Waals surface area (Å²) >= 11 is 7.82. The molecule has 166 valence electrons. The van der Waals surface area contributed by atoms with Gasteiger partial charge in [-0.3, -0.25) is 9.69 Å². The molecule has 0 saturated heterocycles. The van der Waals surface area contributed by atoms with Gasteiger partial charge in [-0.2, -0.15) is 0 Å². The van der Waals surface area contributed by atoms with E-state index in [0.717, 1.165) is 15.8 Å². The standard InChI is InChI=1S/C22H24ClN3O3S.ClH/c1-13-9-10-15(23)20-18(13)24-22(30-20)26(12-11-25(3)4)21(27)19-14(2)28-16-7-5-6-8-17(16)29-19;/h5-10,14,19H,11-12H2,1-4H3;1H. The molecule has 1 aromatic heterocycles. The summed E-state index contributed by atoms with van der Waals surface area (Å²) in [6.45, 7) is 5.01. The highest BCUT2D eigenvalue weighted by atomic mass is 35.5. The highest BCUT2D eigenvalue weighted by molar-refractivity contribution is 7.23. The van der Waals surface area contributed by atoms with Crippen LogP contribution >= 0.6 is 35.3 Å². The van der Waals surface area contributed by atoms with Crippen LogP contribution in [0.1, 0.15) is 12.5 Å². The Labute approximate surface area is 197 Å². The van der Waals surface area contributed by atoms with Gasteiger partial charge in [0.25, 0.3) is 5.91 Å². The van der Waals surface area contributed by atoms with Gasteiger partial charge in [-0.1, -0.05) is 41.1 Å². The number of hydrogen-bond acceptors (Lipinski definition) is 6. The Bertz CT molecular complexity index is 1050. The lowest BCUT2D eigenvalue weighted by Crippen LogP contribution is -2.52. The SMILES string of the molecule is Cc1ccc(Cl)c2sc(N(CCN(C)C)C(=O)C3Oc4ccccc4OC3C)nc12.Cl. The van der Waals surface area contributed by atoms with Crippen molar-refractivity contribution in [2.24, 2.45) is 0 Å². The zero-order valence-electron chi connectivity index (χ0n) is 17.8.